The molecule has 0 atom stereocenters. The van der Waals surface area contributed by atoms with Gasteiger partial charge in [-0.25, -0.2) is 0 Å². The van der Waals surface area contributed by atoms with Gasteiger partial charge in [0.2, 0.25) is 0 Å². The Morgan fingerprint density at radius 2 is 1.81 bits per heavy atom. The first kappa shape index (κ1) is 18.0. The average molecular weight is 366 g/mol. The standard InChI is InChI=1S/C21H20ClN3O/c1-25(14-11-16-9-12-23-13-10-16)20-7-5-19(6-8-20)24-21(26)17-3-2-4-18(22)15-17/h2-10,12-13,15H,11,14H2,1H3,(H,24,26). The maximum atomic E-state index is 12.3. The van der Waals surface area contributed by atoms with Crippen molar-refractivity contribution in [2.75, 3.05) is 23.8 Å². The summed E-state index contributed by atoms with van der Waals surface area (Å²) in [5.74, 6) is -0.175. The van der Waals surface area contributed by atoms with E-state index < -0.39 is 0 Å². The van der Waals surface area contributed by atoms with Gasteiger partial charge in [-0.3, -0.25) is 9.78 Å². The summed E-state index contributed by atoms with van der Waals surface area (Å²) in [5, 5.41) is 3.43. The minimum absolute atomic E-state index is 0.175. The Bertz CT molecular complexity index is 866. The van der Waals surface area contributed by atoms with E-state index in [1.807, 2.05) is 48.8 Å². The summed E-state index contributed by atoms with van der Waals surface area (Å²) in [5.41, 5.74) is 3.65. The third-order valence-electron chi connectivity index (χ3n) is 4.14. The molecule has 132 valence electrons. The number of hydrogen-bond donors (Lipinski definition) is 1. The fourth-order valence-electron chi connectivity index (χ4n) is 2.61. The number of benzene rings is 2. The lowest BCUT2D eigenvalue weighted by Crippen LogP contribution is -2.20. The maximum absolute atomic E-state index is 12.3. The molecule has 0 unspecified atom stereocenters. The molecule has 1 amide bonds. The molecule has 2 aromatic carbocycles. The molecule has 4 nitrogen and oxygen atoms in total. The van der Waals surface area contributed by atoms with E-state index >= 15 is 0 Å². The first-order valence-electron chi connectivity index (χ1n) is 8.39. The summed E-state index contributed by atoms with van der Waals surface area (Å²) in [4.78, 5) is 18.5. The summed E-state index contributed by atoms with van der Waals surface area (Å²) in [7, 11) is 2.06. The Balaban J connectivity index is 1.58. The van der Waals surface area contributed by atoms with Gasteiger partial charge in [0.05, 0.1) is 0 Å². The number of carbonyl (C=O) groups excluding carboxylic acids is 1. The predicted molar refractivity (Wildman–Crippen MR) is 107 cm³/mol. The number of carbonyl (C=O) groups is 1. The smallest absolute Gasteiger partial charge is 0.255 e. The van der Waals surface area contributed by atoms with Gasteiger partial charge in [0.1, 0.15) is 0 Å². The van der Waals surface area contributed by atoms with Gasteiger partial charge < -0.3 is 10.2 Å². The molecular weight excluding hydrogens is 346 g/mol. The van der Waals surface area contributed by atoms with E-state index in [1.54, 1.807) is 24.3 Å². The lowest BCUT2D eigenvalue weighted by molar-refractivity contribution is 0.102. The quantitative estimate of drug-likeness (QED) is 0.690. The molecule has 1 N–H and O–H groups in total. The number of halogens is 1. The van der Waals surface area contributed by atoms with Crippen LogP contribution in [-0.2, 0) is 6.42 Å². The second-order valence-electron chi connectivity index (χ2n) is 6.04. The van der Waals surface area contributed by atoms with Gasteiger partial charge >= 0.3 is 0 Å². The lowest BCUT2D eigenvalue weighted by Gasteiger charge is -2.19. The van der Waals surface area contributed by atoms with Crippen LogP contribution in [0.1, 0.15) is 15.9 Å². The highest BCUT2D eigenvalue weighted by Crippen LogP contribution is 2.19. The summed E-state index contributed by atoms with van der Waals surface area (Å²) in [6.07, 6.45) is 4.58. The van der Waals surface area contributed by atoms with E-state index in [9.17, 15) is 4.79 Å². The Morgan fingerprint density at radius 1 is 1.08 bits per heavy atom. The van der Waals surface area contributed by atoms with Crippen LogP contribution in [0, 0.1) is 0 Å². The fraction of sp³-hybridized carbons (Fsp3) is 0.143. The van der Waals surface area contributed by atoms with Crippen molar-refractivity contribution in [2.24, 2.45) is 0 Å². The van der Waals surface area contributed by atoms with Gasteiger partial charge in [-0.2, -0.15) is 0 Å². The van der Waals surface area contributed by atoms with Crippen molar-refractivity contribution >= 4 is 28.9 Å². The minimum atomic E-state index is -0.175. The van der Waals surface area contributed by atoms with Gasteiger partial charge in [0.25, 0.3) is 5.91 Å². The Hall–Kier alpha value is -2.85. The highest BCUT2D eigenvalue weighted by atomic mass is 35.5. The number of hydrogen-bond acceptors (Lipinski definition) is 3. The average Bonchev–Trinajstić information content (AvgIpc) is 2.67. The van der Waals surface area contributed by atoms with Gasteiger partial charge in [0, 0.05) is 47.9 Å². The van der Waals surface area contributed by atoms with Gasteiger partial charge in [-0.1, -0.05) is 17.7 Å². The SMILES string of the molecule is CN(CCc1ccncc1)c1ccc(NC(=O)c2cccc(Cl)c2)cc1. The normalized spacial score (nSPS) is 10.4. The van der Waals surface area contributed by atoms with E-state index in [4.69, 9.17) is 11.6 Å². The summed E-state index contributed by atoms with van der Waals surface area (Å²) >= 11 is 5.93. The van der Waals surface area contributed by atoms with Crippen LogP contribution in [0.25, 0.3) is 0 Å². The molecule has 5 heteroatoms. The second-order valence-corrected chi connectivity index (χ2v) is 6.47. The molecule has 0 saturated heterocycles. The van der Waals surface area contributed by atoms with Crippen LogP contribution >= 0.6 is 11.6 Å². The molecule has 0 aliphatic carbocycles. The zero-order valence-corrected chi connectivity index (χ0v) is 15.3. The van der Waals surface area contributed by atoms with Crippen LogP contribution in [0.2, 0.25) is 5.02 Å². The predicted octanol–water partition coefficient (Wildman–Crippen LogP) is 4.67. The first-order chi connectivity index (χ1) is 12.6. The molecule has 0 aliphatic rings. The molecule has 0 spiro atoms. The summed E-state index contributed by atoms with van der Waals surface area (Å²) in [6.45, 7) is 0.901. The van der Waals surface area contributed by atoms with Crippen LogP contribution in [0.5, 0.6) is 0 Å². The number of aromatic nitrogens is 1. The molecule has 1 heterocycles. The van der Waals surface area contributed by atoms with Gasteiger partial charge in [-0.15, -0.1) is 0 Å². The van der Waals surface area contributed by atoms with Crippen molar-refractivity contribution in [3.05, 3.63) is 89.2 Å². The number of pyridine rings is 1. The van der Waals surface area contributed by atoms with Crippen molar-refractivity contribution in [2.45, 2.75) is 6.42 Å². The minimum Gasteiger partial charge on any atom is -0.374 e. The molecule has 0 bridgehead atoms. The molecule has 0 saturated carbocycles. The van der Waals surface area contributed by atoms with Crippen molar-refractivity contribution < 1.29 is 4.79 Å². The lowest BCUT2D eigenvalue weighted by atomic mass is 10.2. The summed E-state index contributed by atoms with van der Waals surface area (Å²) in [6, 6.07) is 18.8. The van der Waals surface area contributed by atoms with Crippen LogP contribution in [0.4, 0.5) is 11.4 Å². The molecule has 1 aromatic heterocycles. The Labute approximate surface area is 158 Å². The number of nitrogens with one attached hydrogen (secondary N) is 1. The highest BCUT2D eigenvalue weighted by Gasteiger charge is 2.07. The molecule has 0 aliphatic heterocycles. The zero-order chi connectivity index (χ0) is 18.4. The van der Waals surface area contributed by atoms with Gasteiger partial charge in [0.15, 0.2) is 0 Å². The molecular formula is C21H20ClN3O. The van der Waals surface area contributed by atoms with Crippen LogP contribution in [0.15, 0.2) is 73.1 Å². The monoisotopic (exact) mass is 365 g/mol. The Kier molecular flexibility index (Phi) is 5.87. The van der Waals surface area contributed by atoms with E-state index in [0.717, 1.165) is 24.3 Å². The van der Waals surface area contributed by atoms with E-state index in [2.05, 4.69) is 22.2 Å². The van der Waals surface area contributed by atoms with Crippen molar-refractivity contribution in [3.63, 3.8) is 0 Å². The van der Waals surface area contributed by atoms with E-state index in [0.29, 0.717) is 10.6 Å². The third kappa shape index (κ3) is 4.83. The van der Waals surface area contributed by atoms with Crippen molar-refractivity contribution in [3.8, 4) is 0 Å². The molecule has 0 radical (unpaired) electrons. The van der Waals surface area contributed by atoms with E-state index in [-0.39, 0.29) is 5.91 Å². The molecule has 3 rings (SSSR count). The van der Waals surface area contributed by atoms with Gasteiger partial charge in [-0.05, 0) is 66.6 Å². The van der Waals surface area contributed by atoms with Crippen LogP contribution in [0.3, 0.4) is 0 Å². The second kappa shape index (κ2) is 8.50. The molecule has 0 fully saturated rings. The molecule has 3 aromatic rings. The highest BCUT2D eigenvalue weighted by molar-refractivity contribution is 6.31. The van der Waals surface area contributed by atoms with E-state index in [1.165, 1.54) is 5.56 Å². The topological polar surface area (TPSA) is 45.2 Å². The number of nitrogens with zero attached hydrogens (tertiary/aromatic N) is 2. The largest absolute Gasteiger partial charge is 0.374 e. The first-order valence-corrected chi connectivity index (χ1v) is 8.76. The number of anilines is 2. The molecule has 26 heavy (non-hydrogen) atoms. The number of likely N-dealkylation sites (N-methyl/N-ethyl adjacent to an activating group) is 1. The van der Waals surface area contributed by atoms with Crippen molar-refractivity contribution in [1.29, 1.82) is 0 Å². The fourth-order valence-corrected chi connectivity index (χ4v) is 2.80. The zero-order valence-electron chi connectivity index (χ0n) is 14.5. The van der Waals surface area contributed by atoms with Crippen LogP contribution < -0.4 is 10.2 Å². The summed E-state index contributed by atoms with van der Waals surface area (Å²) < 4.78 is 0. The maximum Gasteiger partial charge on any atom is 0.255 e. The third-order valence-corrected chi connectivity index (χ3v) is 4.37. The number of amides is 1. The Morgan fingerprint density at radius 3 is 2.50 bits per heavy atom. The van der Waals surface area contributed by atoms with Crippen LogP contribution in [-0.4, -0.2) is 24.5 Å². The number of rotatable bonds is 6. The van der Waals surface area contributed by atoms with Crippen molar-refractivity contribution in [1.82, 2.24) is 4.98 Å².